The number of nitrogens with two attached hydrogens (primary N) is 1. The fourth-order valence-electron chi connectivity index (χ4n) is 1.77. The smallest absolute Gasteiger partial charge is 0.224 e. The summed E-state index contributed by atoms with van der Waals surface area (Å²) >= 11 is 0. The van der Waals surface area contributed by atoms with Crippen LogP contribution in [0.4, 0.5) is 4.39 Å². The second kappa shape index (κ2) is 5.64. The van der Waals surface area contributed by atoms with Gasteiger partial charge >= 0.3 is 0 Å². The Hall–Kier alpha value is -1.88. The molecule has 1 aliphatic rings. The van der Waals surface area contributed by atoms with Crippen molar-refractivity contribution >= 4 is 5.91 Å². The van der Waals surface area contributed by atoms with Gasteiger partial charge in [-0.25, -0.2) is 4.39 Å². The van der Waals surface area contributed by atoms with Crippen LogP contribution in [-0.4, -0.2) is 19.1 Å². The average Bonchev–Trinajstić information content (AvgIpc) is 2.39. The molecule has 1 aliphatic heterocycles. The summed E-state index contributed by atoms with van der Waals surface area (Å²) in [7, 11) is 0. The molecule has 0 spiro atoms. The molecule has 0 radical (unpaired) electrons. The molecule has 0 unspecified atom stereocenters. The van der Waals surface area contributed by atoms with Gasteiger partial charge in [-0.1, -0.05) is 6.07 Å². The van der Waals surface area contributed by atoms with Crippen LogP contribution >= 0.6 is 0 Å². The molecule has 3 N–H and O–H groups in total. The number of benzene rings is 1. The maximum absolute atomic E-state index is 12.3. The molecule has 1 aromatic carbocycles. The van der Waals surface area contributed by atoms with Gasteiger partial charge in [0, 0.05) is 18.7 Å². The molecule has 0 aromatic heterocycles. The minimum atomic E-state index is 0.00551. The van der Waals surface area contributed by atoms with E-state index in [1.54, 1.807) is 0 Å². The van der Waals surface area contributed by atoms with E-state index in [0.717, 1.165) is 11.1 Å². The summed E-state index contributed by atoms with van der Waals surface area (Å²) in [6, 6.07) is 5.54. The van der Waals surface area contributed by atoms with E-state index < -0.39 is 0 Å². The number of hydrogen-bond donors (Lipinski definition) is 2. The summed E-state index contributed by atoms with van der Waals surface area (Å²) in [6.07, 6.45) is 0.821. The van der Waals surface area contributed by atoms with Crippen LogP contribution in [0.1, 0.15) is 11.1 Å². The van der Waals surface area contributed by atoms with Gasteiger partial charge in [-0.3, -0.25) is 4.79 Å². The lowest BCUT2D eigenvalue weighted by Crippen LogP contribution is -2.30. The van der Waals surface area contributed by atoms with Gasteiger partial charge in [0.1, 0.15) is 12.4 Å². The Kier molecular flexibility index (Phi) is 3.94. The van der Waals surface area contributed by atoms with Crippen LogP contribution in [0.25, 0.3) is 0 Å². The van der Waals surface area contributed by atoms with E-state index >= 15 is 0 Å². The number of halogens is 1. The van der Waals surface area contributed by atoms with E-state index in [0.29, 0.717) is 30.6 Å². The maximum atomic E-state index is 12.3. The fourth-order valence-corrected chi connectivity index (χ4v) is 1.77. The highest BCUT2D eigenvalue weighted by atomic mass is 19.1. The Labute approximate surface area is 105 Å². The average molecular weight is 250 g/mol. The SMILES string of the molecule is NC/C(=C\F)COc1ccc2c(c1)CC(=O)NC2. The summed E-state index contributed by atoms with van der Waals surface area (Å²) < 4.78 is 17.7. The standard InChI is InChI=1S/C13H15FN2O2/c14-5-9(6-15)8-18-12-2-1-10-7-16-13(17)4-11(10)3-12/h1-3,5H,4,6-8,15H2,(H,16,17)/b9-5+. The molecule has 96 valence electrons. The lowest BCUT2D eigenvalue weighted by atomic mass is 10.0. The quantitative estimate of drug-likeness (QED) is 0.839. The molecule has 5 heteroatoms. The molecule has 0 saturated carbocycles. The highest BCUT2D eigenvalue weighted by molar-refractivity contribution is 5.80. The van der Waals surface area contributed by atoms with Crippen molar-refractivity contribution in [3.05, 3.63) is 41.2 Å². The molecule has 4 nitrogen and oxygen atoms in total. The molecule has 2 rings (SSSR count). The zero-order valence-electron chi connectivity index (χ0n) is 9.91. The molecule has 1 amide bonds. The molecule has 1 heterocycles. The van der Waals surface area contributed by atoms with E-state index in [1.165, 1.54) is 0 Å². The first kappa shape index (κ1) is 12.6. The lowest BCUT2D eigenvalue weighted by Gasteiger charge is -2.17. The number of rotatable bonds is 4. The summed E-state index contributed by atoms with van der Waals surface area (Å²) in [4.78, 5) is 11.3. The number of fused-ring (bicyclic) bond motifs is 1. The molecule has 0 atom stereocenters. The number of hydrogen-bond acceptors (Lipinski definition) is 3. The Morgan fingerprint density at radius 3 is 3.06 bits per heavy atom. The topological polar surface area (TPSA) is 64.3 Å². The summed E-state index contributed by atoms with van der Waals surface area (Å²) in [5.41, 5.74) is 7.77. The van der Waals surface area contributed by atoms with E-state index in [2.05, 4.69) is 5.32 Å². The number of carbonyl (C=O) groups is 1. The lowest BCUT2D eigenvalue weighted by molar-refractivity contribution is -0.121. The summed E-state index contributed by atoms with van der Waals surface area (Å²) in [6.45, 7) is 0.800. The third kappa shape index (κ3) is 2.87. The first-order valence-corrected chi connectivity index (χ1v) is 5.72. The summed E-state index contributed by atoms with van der Waals surface area (Å²) in [5, 5.41) is 2.77. The van der Waals surface area contributed by atoms with Gasteiger partial charge in [0.05, 0.1) is 12.8 Å². The van der Waals surface area contributed by atoms with Crippen molar-refractivity contribution in [2.75, 3.05) is 13.2 Å². The number of amides is 1. The van der Waals surface area contributed by atoms with E-state index in [9.17, 15) is 9.18 Å². The zero-order chi connectivity index (χ0) is 13.0. The molecular formula is C13H15FN2O2. The predicted octanol–water partition coefficient (Wildman–Crippen LogP) is 1.05. The Bertz CT molecular complexity index is 486. The highest BCUT2D eigenvalue weighted by Crippen LogP contribution is 2.21. The first-order valence-electron chi connectivity index (χ1n) is 5.72. The van der Waals surface area contributed by atoms with Crippen LogP contribution in [0.3, 0.4) is 0 Å². The van der Waals surface area contributed by atoms with Crippen molar-refractivity contribution in [2.45, 2.75) is 13.0 Å². The van der Waals surface area contributed by atoms with Crippen molar-refractivity contribution in [2.24, 2.45) is 5.73 Å². The van der Waals surface area contributed by atoms with Crippen LogP contribution in [0.15, 0.2) is 30.1 Å². The van der Waals surface area contributed by atoms with Crippen molar-refractivity contribution < 1.29 is 13.9 Å². The fraction of sp³-hybridized carbons (Fsp3) is 0.308. The first-order chi connectivity index (χ1) is 8.72. The predicted molar refractivity (Wildman–Crippen MR) is 65.7 cm³/mol. The van der Waals surface area contributed by atoms with Crippen molar-refractivity contribution in [3.8, 4) is 5.75 Å². The minimum absolute atomic E-state index is 0.00551. The third-order valence-corrected chi connectivity index (χ3v) is 2.85. The Morgan fingerprint density at radius 2 is 2.33 bits per heavy atom. The second-order valence-electron chi connectivity index (χ2n) is 4.14. The molecule has 18 heavy (non-hydrogen) atoms. The van der Waals surface area contributed by atoms with E-state index in [-0.39, 0.29) is 19.1 Å². The van der Waals surface area contributed by atoms with Gasteiger partial charge in [-0.2, -0.15) is 0 Å². The maximum Gasteiger partial charge on any atom is 0.224 e. The third-order valence-electron chi connectivity index (χ3n) is 2.85. The van der Waals surface area contributed by atoms with Crippen LogP contribution < -0.4 is 15.8 Å². The largest absolute Gasteiger partial charge is 0.489 e. The van der Waals surface area contributed by atoms with Gasteiger partial charge in [0.25, 0.3) is 0 Å². The van der Waals surface area contributed by atoms with Crippen molar-refractivity contribution in [1.29, 1.82) is 0 Å². The minimum Gasteiger partial charge on any atom is -0.489 e. The molecule has 0 aliphatic carbocycles. The van der Waals surface area contributed by atoms with Gasteiger partial charge in [0.2, 0.25) is 5.91 Å². The summed E-state index contributed by atoms with van der Waals surface area (Å²) in [5.74, 6) is 0.627. The zero-order valence-corrected chi connectivity index (χ0v) is 9.91. The molecule has 0 fully saturated rings. The van der Waals surface area contributed by atoms with Crippen LogP contribution in [-0.2, 0) is 17.8 Å². The van der Waals surface area contributed by atoms with Crippen LogP contribution in [0.5, 0.6) is 5.75 Å². The van der Waals surface area contributed by atoms with Crippen LogP contribution in [0.2, 0.25) is 0 Å². The molecular weight excluding hydrogens is 235 g/mol. The Morgan fingerprint density at radius 1 is 1.50 bits per heavy atom. The highest BCUT2D eigenvalue weighted by Gasteiger charge is 2.15. The van der Waals surface area contributed by atoms with Gasteiger partial charge in [0.15, 0.2) is 0 Å². The van der Waals surface area contributed by atoms with E-state index in [4.69, 9.17) is 10.5 Å². The van der Waals surface area contributed by atoms with Gasteiger partial charge in [-0.05, 0) is 23.3 Å². The van der Waals surface area contributed by atoms with Crippen molar-refractivity contribution in [3.63, 3.8) is 0 Å². The normalized spacial score (nSPS) is 15.0. The Balaban J connectivity index is 2.07. The van der Waals surface area contributed by atoms with Crippen molar-refractivity contribution in [1.82, 2.24) is 5.32 Å². The molecule has 0 saturated heterocycles. The van der Waals surface area contributed by atoms with Gasteiger partial charge < -0.3 is 15.8 Å². The van der Waals surface area contributed by atoms with E-state index in [1.807, 2.05) is 18.2 Å². The molecule has 0 bridgehead atoms. The van der Waals surface area contributed by atoms with Crippen LogP contribution in [0, 0.1) is 0 Å². The van der Waals surface area contributed by atoms with Gasteiger partial charge in [-0.15, -0.1) is 0 Å². The number of ether oxygens (including phenoxy) is 1. The molecule has 1 aromatic rings. The number of nitrogens with one attached hydrogen (secondary N) is 1. The number of carbonyl (C=O) groups excluding carboxylic acids is 1. The second-order valence-corrected chi connectivity index (χ2v) is 4.14. The monoisotopic (exact) mass is 250 g/mol.